The van der Waals surface area contributed by atoms with Crippen molar-refractivity contribution >= 4 is 55.7 Å². The van der Waals surface area contributed by atoms with Crippen molar-refractivity contribution in [1.82, 2.24) is 0 Å². The summed E-state index contributed by atoms with van der Waals surface area (Å²) in [5.41, 5.74) is 9.53. The molecule has 5 nitrogen and oxygen atoms in total. The molecule has 8 aromatic carbocycles. The molecule has 0 fully saturated rings. The van der Waals surface area contributed by atoms with Gasteiger partial charge in [-0.15, -0.1) is 11.8 Å². The summed E-state index contributed by atoms with van der Waals surface area (Å²) in [6, 6.07) is 43.6. The van der Waals surface area contributed by atoms with Crippen LogP contribution in [-0.4, -0.2) is 30.8 Å². The second-order valence-corrected chi connectivity index (χ2v) is 14.7. The lowest BCUT2D eigenvalue weighted by Crippen LogP contribution is -2.05. The van der Waals surface area contributed by atoms with E-state index in [9.17, 15) is 25.5 Å². The van der Waals surface area contributed by atoms with Crippen LogP contribution < -0.4 is 0 Å². The van der Waals surface area contributed by atoms with Gasteiger partial charge in [-0.3, -0.25) is 0 Å². The van der Waals surface area contributed by atoms with E-state index >= 15 is 0 Å². The molecule has 10 rings (SSSR count). The van der Waals surface area contributed by atoms with Gasteiger partial charge in [-0.1, -0.05) is 133 Å². The minimum Gasteiger partial charge on any atom is -0.504 e. The normalized spacial score (nSPS) is 14.6. The number of fused-ring (bicyclic) bond motifs is 8. The Morgan fingerprint density at radius 1 is 0.434 bits per heavy atom. The van der Waals surface area contributed by atoms with Gasteiger partial charge < -0.3 is 25.5 Å². The highest BCUT2D eigenvalue weighted by atomic mass is 32.2. The van der Waals surface area contributed by atoms with Crippen LogP contribution in [0.5, 0.6) is 28.7 Å². The third-order valence-corrected chi connectivity index (χ3v) is 11.8. The molecule has 1 atom stereocenters. The van der Waals surface area contributed by atoms with Crippen LogP contribution in [0.3, 0.4) is 0 Å². The molecule has 1 heterocycles. The molecule has 1 unspecified atom stereocenters. The van der Waals surface area contributed by atoms with Crippen LogP contribution in [0, 0.1) is 0 Å². The quantitative estimate of drug-likeness (QED) is 0.0712. The Morgan fingerprint density at radius 2 is 1.02 bits per heavy atom. The Labute approximate surface area is 308 Å². The van der Waals surface area contributed by atoms with Crippen LogP contribution in [0.2, 0.25) is 0 Å². The van der Waals surface area contributed by atoms with Crippen molar-refractivity contribution in [2.75, 3.05) is 0 Å². The maximum atomic E-state index is 11.1. The van der Waals surface area contributed by atoms with Gasteiger partial charge in [-0.05, 0) is 83.4 Å². The van der Waals surface area contributed by atoms with Gasteiger partial charge in [-0.2, -0.15) is 0 Å². The summed E-state index contributed by atoms with van der Waals surface area (Å²) in [4.78, 5) is 1.27. The molecule has 0 aromatic heterocycles. The Hall–Kier alpha value is -6.63. The maximum Gasteiger partial charge on any atom is 0.208 e. The third-order valence-electron chi connectivity index (χ3n) is 10.6. The van der Waals surface area contributed by atoms with E-state index in [1.54, 1.807) is 0 Å². The minimum absolute atomic E-state index is 0.169. The summed E-state index contributed by atoms with van der Waals surface area (Å²) in [5, 5.41) is 58.9. The van der Waals surface area contributed by atoms with Crippen molar-refractivity contribution in [3.63, 3.8) is 0 Å². The summed E-state index contributed by atoms with van der Waals surface area (Å²) < 4.78 is 0. The third kappa shape index (κ3) is 4.59. The van der Waals surface area contributed by atoms with Gasteiger partial charge in [0.1, 0.15) is 0 Å². The number of rotatable bonds is 3. The smallest absolute Gasteiger partial charge is 0.208 e. The molecule has 8 aromatic rings. The first-order chi connectivity index (χ1) is 25.9. The first-order valence-electron chi connectivity index (χ1n) is 17.3. The number of thioether (sulfide) groups is 1. The molecule has 6 heteroatoms. The number of hydrogen-bond donors (Lipinski definition) is 5. The van der Waals surface area contributed by atoms with Crippen molar-refractivity contribution in [1.29, 1.82) is 0 Å². The van der Waals surface area contributed by atoms with Crippen molar-refractivity contribution in [3.05, 3.63) is 156 Å². The Kier molecular flexibility index (Phi) is 6.87. The van der Waals surface area contributed by atoms with E-state index in [2.05, 4.69) is 97.1 Å². The van der Waals surface area contributed by atoms with Crippen molar-refractivity contribution < 1.29 is 25.5 Å². The van der Waals surface area contributed by atoms with Gasteiger partial charge in [0, 0.05) is 21.3 Å². The Balaban J connectivity index is 1.20. The minimum atomic E-state index is -0.990. The van der Waals surface area contributed by atoms with E-state index in [4.69, 9.17) is 0 Å². The van der Waals surface area contributed by atoms with Gasteiger partial charge in [-0.25, -0.2) is 0 Å². The van der Waals surface area contributed by atoms with E-state index in [1.165, 1.54) is 32.7 Å². The van der Waals surface area contributed by atoms with Gasteiger partial charge in [0.15, 0.2) is 11.5 Å². The van der Waals surface area contributed by atoms with Crippen LogP contribution in [0.1, 0.15) is 16.7 Å². The summed E-state index contributed by atoms with van der Waals surface area (Å²) in [7, 11) is 0. The maximum absolute atomic E-state index is 11.1. The van der Waals surface area contributed by atoms with Crippen molar-refractivity contribution in [3.8, 4) is 62.1 Å². The fraction of sp³-hybridized carbons (Fsp3) is 0.0213. The summed E-state index contributed by atoms with van der Waals surface area (Å²) in [6.45, 7) is 0. The molecule has 5 N–H and O–H groups in total. The zero-order valence-corrected chi connectivity index (χ0v) is 28.9. The number of aromatic hydroxyl groups is 5. The van der Waals surface area contributed by atoms with Crippen LogP contribution in [0.25, 0.3) is 77.3 Å². The number of phenols is 5. The fourth-order valence-corrected chi connectivity index (χ4v) is 9.41. The molecule has 53 heavy (non-hydrogen) atoms. The average molecular weight is 707 g/mol. The zero-order chi connectivity index (χ0) is 36.0. The van der Waals surface area contributed by atoms with E-state index in [1.807, 2.05) is 60.3 Å². The first-order valence-corrected chi connectivity index (χ1v) is 18.2. The molecule has 1 aliphatic carbocycles. The van der Waals surface area contributed by atoms with Crippen LogP contribution >= 0.6 is 11.8 Å². The second-order valence-electron chi connectivity index (χ2n) is 13.5. The second kappa shape index (κ2) is 11.7. The lowest BCUT2D eigenvalue weighted by molar-refractivity contribution is 0.330. The van der Waals surface area contributed by atoms with E-state index < -0.39 is 28.7 Å². The average Bonchev–Trinajstić information content (AvgIpc) is 3.34. The van der Waals surface area contributed by atoms with Crippen LogP contribution in [0.15, 0.2) is 144 Å². The molecule has 2 bridgehead atoms. The molecule has 0 spiro atoms. The standard InChI is InChI=1S/C47H30O5S/c48-43-42(44(49)46(51)47(52)45(43)50)41-35-14-5-3-12-33(35)39(34-13-4-6-15-36(34)41)32-17-7-10-26-23-27(20-22-30(26)32)31-16-8-18-38-40(31)37-24-28(53-38)21-19-25-9-1-2-11-29(25)37/h1-24,28,48-52H. The van der Waals surface area contributed by atoms with Crippen molar-refractivity contribution in [2.24, 2.45) is 0 Å². The van der Waals surface area contributed by atoms with Gasteiger partial charge in [0.25, 0.3) is 0 Å². The monoisotopic (exact) mass is 706 g/mol. The fourth-order valence-electron chi connectivity index (χ4n) is 8.26. The van der Waals surface area contributed by atoms with E-state index in [0.29, 0.717) is 16.3 Å². The molecular formula is C47H30O5S. The topological polar surface area (TPSA) is 101 Å². The molecule has 1 aliphatic heterocycles. The SMILES string of the molecule is Oc1c(O)c(O)c(-c2c3ccccc3c(-c3cccc4cc(-c5cccc6c5C5=CC(C=Cc7ccccc75)S6)ccc34)c3ccccc23)c(O)c1O. The first kappa shape index (κ1) is 31.1. The Morgan fingerprint density at radius 3 is 1.74 bits per heavy atom. The van der Waals surface area contributed by atoms with E-state index in [-0.39, 0.29) is 10.8 Å². The molecular weight excluding hydrogens is 677 g/mol. The largest absolute Gasteiger partial charge is 0.504 e. The van der Waals surface area contributed by atoms with Gasteiger partial charge in [0.2, 0.25) is 17.2 Å². The number of hydrogen-bond acceptors (Lipinski definition) is 6. The molecule has 0 saturated heterocycles. The highest BCUT2D eigenvalue weighted by Gasteiger charge is 2.29. The van der Waals surface area contributed by atoms with Gasteiger partial charge in [0.05, 0.1) is 5.56 Å². The van der Waals surface area contributed by atoms with E-state index in [0.717, 1.165) is 38.2 Å². The number of benzene rings is 8. The molecule has 254 valence electrons. The summed E-state index contributed by atoms with van der Waals surface area (Å²) >= 11 is 1.88. The number of phenolic OH excluding ortho intramolecular Hbond substituents is 5. The van der Waals surface area contributed by atoms with Crippen LogP contribution in [0.4, 0.5) is 0 Å². The van der Waals surface area contributed by atoms with Gasteiger partial charge >= 0.3 is 0 Å². The zero-order valence-electron chi connectivity index (χ0n) is 28.1. The summed E-state index contributed by atoms with van der Waals surface area (Å²) in [6.07, 6.45) is 6.91. The van der Waals surface area contributed by atoms with Crippen LogP contribution in [-0.2, 0) is 0 Å². The molecule has 0 radical (unpaired) electrons. The predicted octanol–water partition coefficient (Wildman–Crippen LogP) is 11.6. The molecule has 2 aliphatic rings. The summed E-state index contributed by atoms with van der Waals surface area (Å²) in [5.74, 6) is -4.26. The lowest BCUT2D eigenvalue weighted by atomic mass is 9.83. The molecule has 0 amide bonds. The lowest BCUT2D eigenvalue weighted by Gasteiger charge is -2.24. The predicted molar refractivity (Wildman–Crippen MR) is 216 cm³/mol. The molecule has 0 saturated carbocycles. The van der Waals surface area contributed by atoms with Crippen molar-refractivity contribution in [2.45, 2.75) is 10.1 Å². The highest BCUT2D eigenvalue weighted by molar-refractivity contribution is 8.00. The highest BCUT2D eigenvalue weighted by Crippen LogP contribution is 2.58. The Bertz CT molecular complexity index is 2850.